The number of hydrogen-bond donors (Lipinski definition) is 1. The summed E-state index contributed by atoms with van der Waals surface area (Å²) in [6, 6.07) is 8.54. The van der Waals surface area contributed by atoms with Gasteiger partial charge in [-0.2, -0.15) is 4.98 Å². The van der Waals surface area contributed by atoms with E-state index in [1.54, 1.807) is 0 Å². The molecule has 3 heterocycles. The number of benzene rings is 1. The maximum atomic E-state index is 12.9. The van der Waals surface area contributed by atoms with Gasteiger partial charge in [0.2, 0.25) is 5.91 Å². The molecule has 27 heavy (non-hydrogen) atoms. The fourth-order valence-corrected chi connectivity index (χ4v) is 4.28. The molecule has 2 aliphatic rings. The minimum absolute atomic E-state index is 0.149. The lowest BCUT2D eigenvalue weighted by atomic mass is 9.92. The Bertz CT molecular complexity index is 725. The van der Waals surface area contributed by atoms with Crippen molar-refractivity contribution in [3.63, 3.8) is 0 Å². The van der Waals surface area contributed by atoms with Gasteiger partial charge in [0.25, 0.3) is 6.01 Å². The molecular formula is C21H30N4O2. The summed E-state index contributed by atoms with van der Waals surface area (Å²) >= 11 is 0. The molecule has 6 heteroatoms. The molecule has 2 aliphatic heterocycles. The summed E-state index contributed by atoms with van der Waals surface area (Å²) in [5.41, 5.74) is 1.72. The van der Waals surface area contributed by atoms with Crippen molar-refractivity contribution in [2.45, 2.75) is 32.6 Å². The van der Waals surface area contributed by atoms with E-state index in [0.29, 0.717) is 11.9 Å². The number of carbonyl (C=O) groups is 1. The summed E-state index contributed by atoms with van der Waals surface area (Å²) in [6.45, 7) is 7.76. The molecule has 1 aromatic carbocycles. The molecule has 1 N–H and O–H groups in total. The third-order valence-corrected chi connectivity index (χ3v) is 6.01. The van der Waals surface area contributed by atoms with Crippen LogP contribution in [0.3, 0.4) is 0 Å². The SMILES string of the molecule is CCNCC1CCN(C(=O)C2CCN(c3nc4ccccc4o3)CC2)CC1. The zero-order chi connectivity index (χ0) is 18.6. The van der Waals surface area contributed by atoms with Crippen molar-refractivity contribution in [1.82, 2.24) is 15.2 Å². The third-order valence-electron chi connectivity index (χ3n) is 6.01. The van der Waals surface area contributed by atoms with Crippen LogP contribution in [0.5, 0.6) is 0 Å². The van der Waals surface area contributed by atoms with Crippen molar-refractivity contribution in [3.05, 3.63) is 24.3 Å². The van der Waals surface area contributed by atoms with Crippen LogP contribution >= 0.6 is 0 Å². The number of rotatable bonds is 5. The predicted molar refractivity (Wildman–Crippen MR) is 107 cm³/mol. The van der Waals surface area contributed by atoms with Crippen LogP contribution in [-0.4, -0.2) is 55.1 Å². The average molecular weight is 370 g/mol. The Morgan fingerprint density at radius 1 is 1.15 bits per heavy atom. The molecule has 4 rings (SSSR count). The molecule has 2 fully saturated rings. The van der Waals surface area contributed by atoms with E-state index in [9.17, 15) is 4.79 Å². The van der Waals surface area contributed by atoms with Crippen LogP contribution in [0.1, 0.15) is 32.6 Å². The highest BCUT2D eigenvalue weighted by Gasteiger charge is 2.31. The maximum absolute atomic E-state index is 12.9. The first-order valence-corrected chi connectivity index (χ1v) is 10.3. The number of likely N-dealkylation sites (tertiary alicyclic amines) is 1. The second-order valence-corrected chi connectivity index (χ2v) is 7.80. The molecule has 0 unspecified atom stereocenters. The van der Waals surface area contributed by atoms with Gasteiger partial charge in [-0.15, -0.1) is 0 Å². The summed E-state index contributed by atoms with van der Waals surface area (Å²) in [7, 11) is 0. The minimum atomic E-state index is 0.149. The number of anilines is 1. The van der Waals surface area contributed by atoms with E-state index in [1.807, 2.05) is 24.3 Å². The van der Waals surface area contributed by atoms with E-state index in [-0.39, 0.29) is 5.92 Å². The van der Waals surface area contributed by atoms with Crippen LogP contribution in [0.25, 0.3) is 11.1 Å². The zero-order valence-corrected chi connectivity index (χ0v) is 16.2. The second-order valence-electron chi connectivity index (χ2n) is 7.80. The van der Waals surface area contributed by atoms with Gasteiger partial charge in [0, 0.05) is 32.1 Å². The molecule has 2 saturated heterocycles. The van der Waals surface area contributed by atoms with Gasteiger partial charge < -0.3 is 19.5 Å². The number of fused-ring (bicyclic) bond motifs is 1. The van der Waals surface area contributed by atoms with Gasteiger partial charge >= 0.3 is 0 Å². The van der Waals surface area contributed by atoms with Crippen LogP contribution in [0.2, 0.25) is 0 Å². The Labute approximate surface area is 160 Å². The van der Waals surface area contributed by atoms with E-state index in [0.717, 1.165) is 82.0 Å². The number of para-hydroxylation sites is 2. The van der Waals surface area contributed by atoms with Gasteiger partial charge in [-0.1, -0.05) is 19.1 Å². The summed E-state index contributed by atoms with van der Waals surface area (Å²) in [6.07, 6.45) is 4.02. The Morgan fingerprint density at radius 3 is 2.59 bits per heavy atom. The molecular weight excluding hydrogens is 340 g/mol. The Balaban J connectivity index is 1.28. The van der Waals surface area contributed by atoms with Gasteiger partial charge in [-0.05, 0) is 56.8 Å². The van der Waals surface area contributed by atoms with Gasteiger partial charge in [0.1, 0.15) is 5.52 Å². The van der Waals surface area contributed by atoms with Crippen molar-refractivity contribution in [1.29, 1.82) is 0 Å². The first kappa shape index (κ1) is 18.3. The topological polar surface area (TPSA) is 61.6 Å². The summed E-state index contributed by atoms with van der Waals surface area (Å²) in [5.74, 6) is 1.22. The van der Waals surface area contributed by atoms with E-state index in [4.69, 9.17) is 4.42 Å². The highest BCUT2D eigenvalue weighted by atomic mass is 16.4. The van der Waals surface area contributed by atoms with Crippen molar-refractivity contribution in [3.8, 4) is 0 Å². The van der Waals surface area contributed by atoms with E-state index < -0.39 is 0 Å². The fraction of sp³-hybridized carbons (Fsp3) is 0.619. The monoisotopic (exact) mass is 370 g/mol. The van der Waals surface area contributed by atoms with Gasteiger partial charge in [-0.25, -0.2) is 0 Å². The van der Waals surface area contributed by atoms with E-state index in [2.05, 4.69) is 27.0 Å². The molecule has 0 bridgehead atoms. The smallest absolute Gasteiger partial charge is 0.298 e. The number of aromatic nitrogens is 1. The number of piperidine rings is 2. The lowest BCUT2D eigenvalue weighted by Crippen LogP contribution is -2.46. The molecule has 0 spiro atoms. The quantitative estimate of drug-likeness (QED) is 0.877. The number of oxazole rings is 1. The number of amides is 1. The standard InChI is InChI=1S/C21H30N4O2/c1-2-22-15-16-7-11-24(12-8-16)20(26)17-9-13-25(14-10-17)21-23-18-5-3-4-6-19(18)27-21/h3-6,16-17,22H,2,7-15H2,1H3. The van der Waals surface area contributed by atoms with Crippen molar-refractivity contribution < 1.29 is 9.21 Å². The van der Waals surface area contributed by atoms with E-state index >= 15 is 0 Å². The minimum Gasteiger partial charge on any atom is -0.423 e. The number of carbonyl (C=O) groups excluding carboxylic acids is 1. The highest BCUT2D eigenvalue weighted by Crippen LogP contribution is 2.28. The lowest BCUT2D eigenvalue weighted by Gasteiger charge is -2.37. The molecule has 0 aliphatic carbocycles. The van der Waals surface area contributed by atoms with Gasteiger partial charge in [0.05, 0.1) is 0 Å². The number of nitrogens with zero attached hydrogens (tertiary/aromatic N) is 3. The zero-order valence-electron chi connectivity index (χ0n) is 16.2. The van der Waals surface area contributed by atoms with Crippen LogP contribution < -0.4 is 10.2 Å². The Hall–Kier alpha value is -2.08. The largest absolute Gasteiger partial charge is 0.423 e. The first-order valence-electron chi connectivity index (χ1n) is 10.3. The number of hydrogen-bond acceptors (Lipinski definition) is 5. The Morgan fingerprint density at radius 2 is 1.89 bits per heavy atom. The molecule has 0 atom stereocenters. The van der Waals surface area contributed by atoms with Crippen LogP contribution in [0.15, 0.2) is 28.7 Å². The summed E-state index contributed by atoms with van der Waals surface area (Å²) < 4.78 is 5.88. The molecule has 0 saturated carbocycles. The first-order chi connectivity index (χ1) is 13.2. The van der Waals surface area contributed by atoms with Crippen molar-refractivity contribution in [2.24, 2.45) is 11.8 Å². The van der Waals surface area contributed by atoms with Crippen LogP contribution in [-0.2, 0) is 4.79 Å². The Kier molecular flexibility index (Phi) is 5.62. The summed E-state index contributed by atoms with van der Waals surface area (Å²) in [4.78, 5) is 21.8. The molecule has 2 aromatic rings. The molecule has 6 nitrogen and oxygen atoms in total. The van der Waals surface area contributed by atoms with Crippen LogP contribution in [0.4, 0.5) is 6.01 Å². The molecule has 1 aromatic heterocycles. The normalized spacial score (nSPS) is 19.7. The maximum Gasteiger partial charge on any atom is 0.298 e. The summed E-state index contributed by atoms with van der Waals surface area (Å²) in [5, 5.41) is 3.43. The second kappa shape index (κ2) is 8.30. The third kappa shape index (κ3) is 4.10. The lowest BCUT2D eigenvalue weighted by molar-refractivity contribution is -0.137. The molecule has 0 radical (unpaired) electrons. The molecule has 1 amide bonds. The van der Waals surface area contributed by atoms with Gasteiger partial charge in [-0.3, -0.25) is 4.79 Å². The van der Waals surface area contributed by atoms with Crippen molar-refractivity contribution >= 4 is 23.0 Å². The van der Waals surface area contributed by atoms with Crippen LogP contribution in [0, 0.1) is 11.8 Å². The van der Waals surface area contributed by atoms with Gasteiger partial charge in [0.15, 0.2) is 5.58 Å². The average Bonchev–Trinajstić information content (AvgIpc) is 3.16. The van der Waals surface area contributed by atoms with E-state index in [1.165, 1.54) is 0 Å². The van der Waals surface area contributed by atoms with Crippen molar-refractivity contribution in [2.75, 3.05) is 44.2 Å². The number of nitrogens with one attached hydrogen (secondary N) is 1. The fourth-order valence-electron chi connectivity index (χ4n) is 4.28. The predicted octanol–water partition coefficient (Wildman–Crippen LogP) is 2.89. The molecule has 146 valence electrons. The highest BCUT2D eigenvalue weighted by molar-refractivity contribution is 5.79.